The van der Waals surface area contributed by atoms with E-state index in [1.165, 1.54) is 16.7 Å². The van der Waals surface area contributed by atoms with Gasteiger partial charge in [0.2, 0.25) is 0 Å². The Hall–Kier alpha value is -1.64. The fraction of sp³-hybridized carbons (Fsp3) is 0.333. The molecule has 2 atom stereocenters. The summed E-state index contributed by atoms with van der Waals surface area (Å²) in [5.41, 5.74) is 4.21. The van der Waals surface area contributed by atoms with Gasteiger partial charge in [-0.25, -0.2) is 0 Å². The van der Waals surface area contributed by atoms with Crippen LogP contribution in [0, 0.1) is 0 Å². The molecule has 0 fully saturated rings. The summed E-state index contributed by atoms with van der Waals surface area (Å²) in [6, 6.07) is 20.2. The molecule has 0 amide bonds. The van der Waals surface area contributed by atoms with Crippen molar-refractivity contribution in [1.29, 1.82) is 0 Å². The number of benzene rings is 2. The molecule has 0 aliphatic carbocycles. The summed E-state index contributed by atoms with van der Waals surface area (Å²) in [5.74, 6) is 0. The second-order valence-corrected chi connectivity index (χ2v) is 5.52. The molecule has 2 nitrogen and oxygen atoms in total. The van der Waals surface area contributed by atoms with Crippen molar-refractivity contribution >= 4 is 0 Å². The molecule has 3 rings (SSSR count). The molecular weight excluding hydrogens is 244 g/mol. The number of fused-ring (bicyclic) bond motifs is 1. The third-order valence-electron chi connectivity index (χ3n) is 4.11. The monoisotopic (exact) mass is 266 g/mol. The molecule has 2 heteroatoms. The Morgan fingerprint density at radius 1 is 1.05 bits per heavy atom. The quantitative estimate of drug-likeness (QED) is 0.887. The van der Waals surface area contributed by atoms with E-state index in [1.54, 1.807) is 0 Å². The third kappa shape index (κ3) is 2.92. The van der Waals surface area contributed by atoms with Crippen LogP contribution in [0.3, 0.4) is 0 Å². The summed E-state index contributed by atoms with van der Waals surface area (Å²) in [6.07, 6.45) is 1.13. The smallest absolute Gasteiger partial charge is 0.0340 e. The molecule has 0 radical (unpaired) electrons. The van der Waals surface area contributed by atoms with E-state index in [-0.39, 0.29) is 0 Å². The molecule has 2 aromatic rings. The lowest BCUT2D eigenvalue weighted by molar-refractivity contribution is 0.443. The minimum atomic E-state index is 0.368. The lowest BCUT2D eigenvalue weighted by Crippen LogP contribution is -2.26. The molecule has 20 heavy (non-hydrogen) atoms. The van der Waals surface area contributed by atoms with Crippen LogP contribution in [0.5, 0.6) is 0 Å². The Labute approximate surface area is 121 Å². The molecule has 1 aliphatic rings. The molecule has 0 bridgehead atoms. The van der Waals surface area contributed by atoms with Gasteiger partial charge < -0.3 is 10.6 Å². The van der Waals surface area contributed by atoms with E-state index in [4.69, 9.17) is 0 Å². The van der Waals surface area contributed by atoms with Crippen LogP contribution in [0.25, 0.3) is 0 Å². The number of nitrogens with one attached hydrogen (secondary N) is 2. The van der Waals surface area contributed by atoms with Crippen LogP contribution in [-0.4, -0.2) is 6.54 Å². The van der Waals surface area contributed by atoms with Gasteiger partial charge in [0.1, 0.15) is 0 Å². The van der Waals surface area contributed by atoms with Crippen LogP contribution < -0.4 is 10.6 Å². The molecule has 1 unspecified atom stereocenters. The number of rotatable bonds is 3. The maximum atomic E-state index is 3.79. The Morgan fingerprint density at radius 2 is 1.80 bits per heavy atom. The summed E-state index contributed by atoms with van der Waals surface area (Å²) < 4.78 is 0. The van der Waals surface area contributed by atoms with Gasteiger partial charge in [0.25, 0.3) is 0 Å². The SMILES string of the molecule is C[C@@H](NC1CCNCc2ccccc21)c1ccccc1. The van der Waals surface area contributed by atoms with Crippen molar-refractivity contribution < 1.29 is 0 Å². The van der Waals surface area contributed by atoms with Crippen LogP contribution >= 0.6 is 0 Å². The summed E-state index contributed by atoms with van der Waals surface area (Å²) in [4.78, 5) is 0. The zero-order chi connectivity index (χ0) is 13.8. The van der Waals surface area contributed by atoms with Gasteiger partial charge in [-0.1, -0.05) is 54.6 Å². The van der Waals surface area contributed by atoms with Gasteiger partial charge in [0.15, 0.2) is 0 Å². The van der Waals surface area contributed by atoms with Crippen LogP contribution in [-0.2, 0) is 6.54 Å². The Morgan fingerprint density at radius 3 is 2.65 bits per heavy atom. The molecule has 1 heterocycles. The lowest BCUT2D eigenvalue weighted by atomic mass is 9.97. The Balaban J connectivity index is 1.80. The summed E-state index contributed by atoms with van der Waals surface area (Å²) in [5, 5.41) is 7.30. The van der Waals surface area contributed by atoms with Gasteiger partial charge in [-0.3, -0.25) is 0 Å². The predicted molar refractivity (Wildman–Crippen MR) is 83.5 cm³/mol. The first kappa shape index (κ1) is 13.3. The van der Waals surface area contributed by atoms with E-state index in [0.29, 0.717) is 12.1 Å². The van der Waals surface area contributed by atoms with E-state index in [1.807, 2.05) is 0 Å². The predicted octanol–water partition coefficient (Wildman–Crippen LogP) is 3.57. The lowest BCUT2D eigenvalue weighted by Gasteiger charge is -2.24. The van der Waals surface area contributed by atoms with Gasteiger partial charge >= 0.3 is 0 Å². The average Bonchev–Trinajstić information content (AvgIpc) is 2.71. The maximum Gasteiger partial charge on any atom is 0.0340 e. The van der Waals surface area contributed by atoms with Crippen molar-refractivity contribution in [2.75, 3.05) is 6.54 Å². The van der Waals surface area contributed by atoms with Crippen molar-refractivity contribution in [1.82, 2.24) is 10.6 Å². The summed E-state index contributed by atoms with van der Waals surface area (Å²) in [7, 11) is 0. The van der Waals surface area contributed by atoms with Crippen molar-refractivity contribution in [2.24, 2.45) is 0 Å². The molecule has 0 aromatic heterocycles. The van der Waals surface area contributed by atoms with Gasteiger partial charge in [-0.15, -0.1) is 0 Å². The van der Waals surface area contributed by atoms with Crippen molar-refractivity contribution in [3.8, 4) is 0 Å². The second kappa shape index (κ2) is 6.21. The highest BCUT2D eigenvalue weighted by molar-refractivity contribution is 5.31. The van der Waals surface area contributed by atoms with E-state index in [0.717, 1.165) is 19.5 Å². The fourth-order valence-electron chi connectivity index (χ4n) is 2.97. The van der Waals surface area contributed by atoms with Crippen molar-refractivity contribution in [2.45, 2.75) is 32.0 Å². The normalized spacial score (nSPS) is 19.9. The van der Waals surface area contributed by atoms with Crippen LogP contribution in [0.1, 0.15) is 42.1 Å². The summed E-state index contributed by atoms with van der Waals surface area (Å²) >= 11 is 0. The van der Waals surface area contributed by atoms with Crippen molar-refractivity contribution in [3.05, 3.63) is 71.3 Å². The minimum absolute atomic E-state index is 0.368. The first-order valence-electron chi connectivity index (χ1n) is 7.44. The Kier molecular flexibility index (Phi) is 4.14. The highest BCUT2D eigenvalue weighted by Gasteiger charge is 2.19. The molecular formula is C18H22N2. The van der Waals surface area contributed by atoms with Gasteiger partial charge in [0.05, 0.1) is 0 Å². The Bertz CT molecular complexity index is 550. The minimum Gasteiger partial charge on any atom is -0.313 e. The molecule has 104 valence electrons. The van der Waals surface area contributed by atoms with E-state index in [2.05, 4.69) is 72.2 Å². The molecule has 1 aliphatic heterocycles. The van der Waals surface area contributed by atoms with E-state index < -0.39 is 0 Å². The first-order valence-corrected chi connectivity index (χ1v) is 7.44. The molecule has 0 saturated carbocycles. The fourth-order valence-corrected chi connectivity index (χ4v) is 2.97. The molecule has 2 N–H and O–H groups in total. The van der Waals surface area contributed by atoms with Gasteiger partial charge in [-0.2, -0.15) is 0 Å². The van der Waals surface area contributed by atoms with E-state index >= 15 is 0 Å². The molecule has 0 saturated heterocycles. The average molecular weight is 266 g/mol. The summed E-state index contributed by atoms with van der Waals surface area (Å²) in [6.45, 7) is 4.29. The van der Waals surface area contributed by atoms with Crippen LogP contribution in [0.15, 0.2) is 54.6 Å². The maximum absolute atomic E-state index is 3.79. The van der Waals surface area contributed by atoms with Crippen LogP contribution in [0.4, 0.5) is 0 Å². The van der Waals surface area contributed by atoms with Crippen LogP contribution in [0.2, 0.25) is 0 Å². The largest absolute Gasteiger partial charge is 0.313 e. The van der Waals surface area contributed by atoms with Gasteiger partial charge in [-0.05, 0) is 36.6 Å². The van der Waals surface area contributed by atoms with E-state index in [9.17, 15) is 0 Å². The van der Waals surface area contributed by atoms with Gasteiger partial charge in [0, 0.05) is 18.6 Å². The highest BCUT2D eigenvalue weighted by atomic mass is 15.0. The number of hydrogen-bond acceptors (Lipinski definition) is 2. The first-order chi connectivity index (χ1) is 9.84. The zero-order valence-electron chi connectivity index (χ0n) is 12.0. The third-order valence-corrected chi connectivity index (χ3v) is 4.11. The second-order valence-electron chi connectivity index (χ2n) is 5.52. The van der Waals surface area contributed by atoms with Crippen molar-refractivity contribution in [3.63, 3.8) is 0 Å². The standard InChI is InChI=1S/C18H22N2/c1-14(15-7-3-2-4-8-15)20-18-11-12-19-13-16-9-5-6-10-17(16)18/h2-10,14,18-20H,11-13H2,1H3/t14-,18?/m1/s1. The molecule has 0 spiro atoms. The molecule has 2 aromatic carbocycles. The number of hydrogen-bond donors (Lipinski definition) is 2. The topological polar surface area (TPSA) is 24.1 Å². The zero-order valence-corrected chi connectivity index (χ0v) is 12.0. The highest BCUT2D eigenvalue weighted by Crippen LogP contribution is 2.26.